The van der Waals surface area contributed by atoms with Crippen LogP contribution in [0, 0.1) is 13.8 Å². The molecule has 0 spiro atoms. The van der Waals surface area contributed by atoms with Gasteiger partial charge in [-0.05, 0) is 36.6 Å². The van der Waals surface area contributed by atoms with Crippen LogP contribution in [0.15, 0.2) is 78.9 Å². The highest BCUT2D eigenvalue weighted by molar-refractivity contribution is 7.19. The van der Waals surface area contributed by atoms with Gasteiger partial charge < -0.3 is 5.32 Å². The molecular weight excluding hydrogens is 418 g/mol. The number of aryl methyl sites for hydroxylation is 2. The third-order valence-corrected chi connectivity index (χ3v) is 6.37. The number of aromatic nitrogens is 4. The topological polar surface area (TPSA) is 72.2 Å². The first-order valence-corrected chi connectivity index (χ1v) is 11.1. The van der Waals surface area contributed by atoms with Gasteiger partial charge in [-0.3, -0.25) is 4.79 Å². The van der Waals surface area contributed by atoms with Crippen LogP contribution in [0.1, 0.15) is 28.4 Å². The SMILES string of the molecule is Cc1ccc(-c2nn3c(C)nnc3s2)cc1NC(=O)C(c1ccccc1)c1ccccc1. The monoisotopic (exact) mass is 439 g/mol. The van der Waals surface area contributed by atoms with Crippen molar-refractivity contribution in [2.75, 3.05) is 5.32 Å². The molecule has 1 amide bonds. The zero-order valence-corrected chi connectivity index (χ0v) is 18.5. The molecule has 0 saturated heterocycles. The van der Waals surface area contributed by atoms with Gasteiger partial charge in [-0.2, -0.15) is 9.61 Å². The van der Waals surface area contributed by atoms with Crippen molar-refractivity contribution in [3.63, 3.8) is 0 Å². The lowest BCUT2D eigenvalue weighted by molar-refractivity contribution is -0.116. The fourth-order valence-corrected chi connectivity index (χ4v) is 4.59. The van der Waals surface area contributed by atoms with Crippen molar-refractivity contribution in [2.45, 2.75) is 19.8 Å². The summed E-state index contributed by atoms with van der Waals surface area (Å²) in [5.74, 6) is 0.269. The fourth-order valence-electron chi connectivity index (χ4n) is 3.71. The number of nitrogens with zero attached hydrogens (tertiary/aromatic N) is 4. The molecule has 2 aromatic heterocycles. The average molecular weight is 440 g/mol. The van der Waals surface area contributed by atoms with E-state index in [4.69, 9.17) is 0 Å². The quantitative estimate of drug-likeness (QED) is 0.406. The molecule has 0 bridgehead atoms. The Labute approximate surface area is 189 Å². The van der Waals surface area contributed by atoms with E-state index in [2.05, 4.69) is 20.6 Å². The smallest absolute Gasteiger partial charge is 0.236 e. The van der Waals surface area contributed by atoms with Crippen LogP contribution >= 0.6 is 11.3 Å². The lowest BCUT2D eigenvalue weighted by Crippen LogP contribution is -2.22. The van der Waals surface area contributed by atoms with Gasteiger partial charge in [-0.25, -0.2) is 0 Å². The number of hydrogen-bond acceptors (Lipinski definition) is 5. The van der Waals surface area contributed by atoms with E-state index in [1.54, 1.807) is 4.52 Å². The third-order valence-electron chi connectivity index (χ3n) is 5.42. The Morgan fingerprint density at radius 1 is 0.906 bits per heavy atom. The number of amides is 1. The van der Waals surface area contributed by atoms with E-state index in [0.29, 0.717) is 0 Å². The van der Waals surface area contributed by atoms with Crippen molar-refractivity contribution in [3.05, 3.63) is 101 Å². The predicted octanol–water partition coefficient (Wildman–Crippen LogP) is 5.24. The van der Waals surface area contributed by atoms with Crippen molar-refractivity contribution in [3.8, 4) is 10.6 Å². The molecule has 1 N–H and O–H groups in total. The number of anilines is 1. The van der Waals surface area contributed by atoms with Crippen LogP contribution in [0.25, 0.3) is 15.5 Å². The van der Waals surface area contributed by atoms with Crippen molar-refractivity contribution < 1.29 is 4.79 Å². The van der Waals surface area contributed by atoms with Crippen molar-refractivity contribution in [1.29, 1.82) is 0 Å². The molecule has 0 aliphatic heterocycles. The highest BCUT2D eigenvalue weighted by atomic mass is 32.1. The first kappa shape index (κ1) is 20.1. The molecule has 5 rings (SSSR count). The van der Waals surface area contributed by atoms with E-state index >= 15 is 0 Å². The van der Waals surface area contributed by atoms with Crippen LogP contribution in [0.3, 0.4) is 0 Å². The van der Waals surface area contributed by atoms with E-state index in [1.807, 2.05) is 92.7 Å². The molecule has 0 atom stereocenters. The van der Waals surface area contributed by atoms with E-state index in [0.717, 1.165) is 43.7 Å². The second-order valence-electron chi connectivity index (χ2n) is 7.62. The van der Waals surface area contributed by atoms with Gasteiger partial charge in [0.25, 0.3) is 0 Å². The van der Waals surface area contributed by atoms with E-state index in [-0.39, 0.29) is 5.91 Å². The normalized spacial score (nSPS) is 11.2. The van der Waals surface area contributed by atoms with Gasteiger partial charge in [0, 0.05) is 11.3 Å². The zero-order valence-electron chi connectivity index (χ0n) is 17.7. The summed E-state index contributed by atoms with van der Waals surface area (Å²) >= 11 is 1.47. The maximum atomic E-state index is 13.5. The van der Waals surface area contributed by atoms with Gasteiger partial charge in [0.1, 0.15) is 5.01 Å². The van der Waals surface area contributed by atoms with E-state index < -0.39 is 5.92 Å². The Hall–Kier alpha value is -3.84. The number of fused-ring (bicyclic) bond motifs is 1. The van der Waals surface area contributed by atoms with Crippen molar-refractivity contribution >= 4 is 27.9 Å². The van der Waals surface area contributed by atoms with Gasteiger partial charge in [-0.1, -0.05) is 84.1 Å². The van der Waals surface area contributed by atoms with Crippen LogP contribution in [-0.4, -0.2) is 25.7 Å². The summed E-state index contributed by atoms with van der Waals surface area (Å²) in [4.78, 5) is 14.3. The van der Waals surface area contributed by atoms with Crippen LogP contribution in [0.2, 0.25) is 0 Å². The molecule has 3 aromatic carbocycles. The summed E-state index contributed by atoms with van der Waals surface area (Å²) < 4.78 is 1.74. The fraction of sp³-hybridized carbons (Fsp3) is 0.120. The summed E-state index contributed by atoms with van der Waals surface area (Å²) in [6.45, 7) is 3.86. The molecule has 0 aliphatic carbocycles. The lowest BCUT2D eigenvalue weighted by Gasteiger charge is -2.19. The molecule has 0 aliphatic rings. The summed E-state index contributed by atoms with van der Waals surface area (Å²) in [7, 11) is 0. The highest BCUT2D eigenvalue weighted by Crippen LogP contribution is 2.31. The van der Waals surface area contributed by atoms with Crippen LogP contribution in [0.4, 0.5) is 5.69 Å². The first-order chi connectivity index (χ1) is 15.6. The minimum atomic E-state index is -0.405. The molecule has 2 heterocycles. The van der Waals surface area contributed by atoms with Crippen molar-refractivity contribution in [2.24, 2.45) is 0 Å². The largest absolute Gasteiger partial charge is 0.325 e. The van der Waals surface area contributed by atoms with Crippen LogP contribution < -0.4 is 5.32 Å². The molecule has 6 nitrogen and oxygen atoms in total. The van der Waals surface area contributed by atoms with E-state index in [9.17, 15) is 4.79 Å². The van der Waals surface area contributed by atoms with Gasteiger partial charge >= 0.3 is 0 Å². The number of carbonyl (C=O) groups excluding carboxylic acids is 1. The molecule has 7 heteroatoms. The molecular formula is C25H21N5OS. The minimum absolute atomic E-state index is 0.0726. The van der Waals surface area contributed by atoms with Gasteiger partial charge in [0.05, 0.1) is 5.92 Å². The molecule has 0 radical (unpaired) electrons. The lowest BCUT2D eigenvalue weighted by atomic mass is 9.90. The maximum Gasteiger partial charge on any atom is 0.236 e. The standard InChI is InChI=1S/C25H21N5OS/c1-16-13-14-20(24-29-30-17(2)27-28-25(30)32-24)15-21(16)26-23(31)22(18-9-5-3-6-10-18)19-11-7-4-8-12-19/h3-15,22H,1-2H3,(H,26,31). The Morgan fingerprint density at radius 3 is 2.19 bits per heavy atom. The average Bonchev–Trinajstić information content (AvgIpc) is 3.39. The molecule has 158 valence electrons. The van der Waals surface area contributed by atoms with Crippen LogP contribution in [0.5, 0.6) is 0 Å². The van der Waals surface area contributed by atoms with Gasteiger partial charge in [0.2, 0.25) is 10.9 Å². The number of rotatable bonds is 5. The minimum Gasteiger partial charge on any atom is -0.325 e. The number of hydrogen-bond donors (Lipinski definition) is 1. The summed E-state index contributed by atoms with van der Waals surface area (Å²) in [5, 5.41) is 16.8. The third kappa shape index (κ3) is 3.78. The number of carbonyl (C=O) groups is 1. The second-order valence-corrected chi connectivity index (χ2v) is 8.58. The summed E-state index contributed by atoms with van der Waals surface area (Å²) in [6, 6.07) is 25.7. The molecule has 5 aromatic rings. The molecule has 0 unspecified atom stereocenters. The maximum absolute atomic E-state index is 13.5. The highest BCUT2D eigenvalue weighted by Gasteiger charge is 2.23. The number of benzene rings is 3. The Balaban J connectivity index is 1.49. The predicted molar refractivity (Wildman–Crippen MR) is 127 cm³/mol. The molecule has 0 saturated carbocycles. The Kier molecular flexibility index (Phi) is 5.25. The van der Waals surface area contributed by atoms with E-state index in [1.165, 1.54) is 11.3 Å². The molecule has 32 heavy (non-hydrogen) atoms. The first-order valence-electron chi connectivity index (χ1n) is 10.3. The van der Waals surface area contributed by atoms with Crippen molar-refractivity contribution in [1.82, 2.24) is 19.8 Å². The summed E-state index contributed by atoms with van der Waals surface area (Å²) in [5.41, 5.74) is 4.59. The van der Waals surface area contributed by atoms with Crippen LogP contribution in [-0.2, 0) is 4.79 Å². The Morgan fingerprint density at radius 2 is 1.56 bits per heavy atom. The van der Waals surface area contributed by atoms with Gasteiger partial charge in [-0.15, -0.1) is 10.2 Å². The second kappa shape index (κ2) is 8.36. The molecule has 0 fully saturated rings. The Bertz CT molecular complexity index is 1350. The number of nitrogens with one attached hydrogen (secondary N) is 1. The summed E-state index contributed by atoms with van der Waals surface area (Å²) in [6.07, 6.45) is 0. The zero-order chi connectivity index (χ0) is 22.1. The van der Waals surface area contributed by atoms with Gasteiger partial charge in [0.15, 0.2) is 5.82 Å².